The summed E-state index contributed by atoms with van der Waals surface area (Å²) >= 11 is 0. The largest absolute Gasteiger partial charge is 0.496 e. The molecule has 1 aliphatic heterocycles. The summed E-state index contributed by atoms with van der Waals surface area (Å²) in [6, 6.07) is 4.67. The molecule has 0 aromatic heterocycles. The fourth-order valence-electron chi connectivity index (χ4n) is 5.29. The van der Waals surface area contributed by atoms with Crippen molar-refractivity contribution in [3.63, 3.8) is 0 Å². The summed E-state index contributed by atoms with van der Waals surface area (Å²) in [5, 5.41) is 5.20. The van der Waals surface area contributed by atoms with E-state index in [9.17, 15) is 8.42 Å². The zero-order valence-electron chi connectivity index (χ0n) is 17.7. The zero-order valence-corrected chi connectivity index (χ0v) is 18.5. The van der Waals surface area contributed by atoms with Crippen molar-refractivity contribution in [2.24, 2.45) is 22.4 Å². The number of nitrogens with two attached hydrogens (primary N) is 1. The fourth-order valence-corrected chi connectivity index (χ4v) is 5.82. The highest BCUT2D eigenvalue weighted by Crippen LogP contribution is 2.65. The van der Waals surface area contributed by atoms with E-state index in [4.69, 9.17) is 19.2 Å². The molecule has 0 amide bonds. The lowest BCUT2D eigenvalue weighted by Gasteiger charge is -2.64. The molecule has 1 aromatic rings. The number of rotatable bonds is 4. The second-order valence-corrected chi connectivity index (χ2v) is 10.2. The predicted octanol–water partition coefficient (Wildman–Crippen LogP) is 3.81. The SMILES string of the molecule is C.CC.COc1cc(S(N)(=O)=O)ccc1CB1OC2CC3C[C@@H](C3(C)C)[C@]2(C)O1. The number of primary sulfonamides is 1. The molecule has 3 saturated carbocycles. The molecule has 4 aliphatic rings. The van der Waals surface area contributed by atoms with Crippen LogP contribution in [0, 0.1) is 17.3 Å². The van der Waals surface area contributed by atoms with Gasteiger partial charge >= 0.3 is 7.12 Å². The molecule has 2 bridgehead atoms. The molecule has 1 saturated heterocycles. The van der Waals surface area contributed by atoms with Gasteiger partial charge in [0.1, 0.15) is 5.75 Å². The van der Waals surface area contributed by atoms with E-state index >= 15 is 0 Å². The van der Waals surface area contributed by atoms with Crippen LogP contribution in [0.2, 0.25) is 0 Å². The van der Waals surface area contributed by atoms with Crippen molar-refractivity contribution in [3.05, 3.63) is 23.8 Å². The maximum atomic E-state index is 11.5. The van der Waals surface area contributed by atoms with Crippen LogP contribution < -0.4 is 9.88 Å². The summed E-state index contributed by atoms with van der Waals surface area (Å²) < 4.78 is 41.1. The molecular weight excluding hydrogens is 389 g/mol. The fraction of sp³-hybridized carbons (Fsp3) is 0.714. The summed E-state index contributed by atoms with van der Waals surface area (Å²) in [6.45, 7) is 10.8. The van der Waals surface area contributed by atoms with Gasteiger partial charge in [0.25, 0.3) is 0 Å². The summed E-state index contributed by atoms with van der Waals surface area (Å²) in [5.41, 5.74) is 0.897. The van der Waals surface area contributed by atoms with E-state index < -0.39 is 10.0 Å². The Morgan fingerprint density at radius 1 is 1.24 bits per heavy atom. The highest BCUT2D eigenvalue weighted by Gasteiger charge is 2.67. The van der Waals surface area contributed by atoms with Gasteiger partial charge in [-0.25, -0.2) is 13.6 Å². The van der Waals surface area contributed by atoms with Gasteiger partial charge in [-0.05, 0) is 48.6 Å². The van der Waals surface area contributed by atoms with Crippen LogP contribution in [-0.2, 0) is 25.7 Å². The van der Waals surface area contributed by atoms with E-state index in [1.807, 2.05) is 13.8 Å². The maximum absolute atomic E-state index is 11.5. The molecule has 4 fully saturated rings. The molecule has 29 heavy (non-hydrogen) atoms. The van der Waals surface area contributed by atoms with Crippen LogP contribution in [0.5, 0.6) is 5.75 Å². The van der Waals surface area contributed by atoms with Gasteiger partial charge in [-0.3, -0.25) is 0 Å². The monoisotopic (exact) mass is 425 g/mol. The maximum Gasteiger partial charge on any atom is 0.462 e. The Bertz CT molecular complexity index is 843. The summed E-state index contributed by atoms with van der Waals surface area (Å²) in [6.07, 6.45) is 2.89. The van der Waals surface area contributed by atoms with E-state index in [0.717, 1.165) is 12.0 Å². The minimum absolute atomic E-state index is 0. The Balaban J connectivity index is 0.000000970. The van der Waals surface area contributed by atoms with Crippen LogP contribution in [0.1, 0.15) is 60.5 Å². The molecule has 1 heterocycles. The predicted molar refractivity (Wildman–Crippen MR) is 116 cm³/mol. The number of benzene rings is 1. The normalized spacial score (nSPS) is 31.6. The van der Waals surface area contributed by atoms with Crippen molar-refractivity contribution >= 4 is 17.1 Å². The Morgan fingerprint density at radius 3 is 2.45 bits per heavy atom. The first kappa shape index (κ1) is 24.2. The quantitative estimate of drug-likeness (QED) is 0.741. The van der Waals surface area contributed by atoms with Crippen molar-refractivity contribution in [2.45, 2.75) is 77.8 Å². The number of methoxy groups -OCH3 is 1. The lowest BCUT2D eigenvalue weighted by Crippen LogP contribution is -2.65. The van der Waals surface area contributed by atoms with Gasteiger partial charge in [-0.1, -0.05) is 41.2 Å². The first-order chi connectivity index (χ1) is 13.1. The molecule has 1 aromatic carbocycles. The topological polar surface area (TPSA) is 87.9 Å². The highest BCUT2D eigenvalue weighted by atomic mass is 32.2. The third kappa shape index (κ3) is 3.96. The molecule has 8 heteroatoms. The smallest absolute Gasteiger partial charge is 0.462 e. The number of hydrogen-bond donors (Lipinski definition) is 1. The van der Waals surface area contributed by atoms with Gasteiger partial charge in [0.2, 0.25) is 10.0 Å². The van der Waals surface area contributed by atoms with Crippen molar-refractivity contribution in [3.8, 4) is 5.75 Å². The Morgan fingerprint density at radius 2 is 1.90 bits per heavy atom. The molecule has 0 radical (unpaired) electrons. The minimum Gasteiger partial charge on any atom is -0.496 e. The molecule has 3 aliphatic carbocycles. The Labute approximate surface area is 176 Å². The van der Waals surface area contributed by atoms with Crippen LogP contribution in [0.15, 0.2) is 23.1 Å². The van der Waals surface area contributed by atoms with Crippen LogP contribution >= 0.6 is 0 Å². The van der Waals surface area contributed by atoms with Crippen LogP contribution in [0.3, 0.4) is 0 Å². The average Bonchev–Trinajstić information content (AvgIpc) is 2.98. The molecule has 0 spiro atoms. The molecule has 6 nitrogen and oxygen atoms in total. The zero-order chi connectivity index (χ0) is 20.9. The lowest BCUT2D eigenvalue weighted by molar-refractivity contribution is -0.199. The molecule has 5 rings (SSSR count). The van der Waals surface area contributed by atoms with Crippen LogP contribution in [-0.4, -0.2) is 34.4 Å². The van der Waals surface area contributed by atoms with E-state index in [1.54, 1.807) is 6.07 Å². The molecular formula is C21H36BNO5S. The van der Waals surface area contributed by atoms with Gasteiger partial charge in [0.05, 0.1) is 23.7 Å². The minimum atomic E-state index is -3.76. The van der Waals surface area contributed by atoms with Gasteiger partial charge < -0.3 is 14.0 Å². The molecule has 2 unspecified atom stereocenters. The van der Waals surface area contributed by atoms with Gasteiger partial charge in [-0.2, -0.15) is 0 Å². The van der Waals surface area contributed by atoms with Gasteiger partial charge in [-0.15, -0.1) is 0 Å². The first-order valence-electron chi connectivity index (χ1n) is 10.1. The van der Waals surface area contributed by atoms with E-state index in [1.165, 1.54) is 25.7 Å². The third-order valence-corrected chi connectivity index (χ3v) is 7.89. The van der Waals surface area contributed by atoms with Crippen molar-refractivity contribution in [1.82, 2.24) is 0 Å². The van der Waals surface area contributed by atoms with Crippen LogP contribution in [0.25, 0.3) is 0 Å². The summed E-state index contributed by atoms with van der Waals surface area (Å²) in [4.78, 5) is 0.0366. The first-order valence-corrected chi connectivity index (χ1v) is 11.6. The summed E-state index contributed by atoms with van der Waals surface area (Å²) in [7, 11) is -2.60. The van der Waals surface area contributed by atoms with Gasteiger partial charge in [0.15, 0.2) is 0 Å². The molecule has 4 atom stereocenters. The lowest BCUT2D eigenvalue weighted by atomic mass is 9.43. The Kier molecular flexibility index (Phi) is 6.85. The van der Waals surface area contributed by atoms with Crippen molar-refractivity contribution in [2.75, 3.05) is 7.11 Å². The highest BCUT2D eigenvalue weighted by molar-refractivity contribution is 7.89. The summed E-state index contributed by atoms with van der Waals surface area (Å²) in [5.74, 6) is 1.69. The van der Waals surface area contributed by atoms with E-state index in [2.05, 4.69) is 20.8 Å². The van der Waals surface area contributed by atoms with Crippen LogP contribution in [0.4, 0.5) is 0 Å². The van der Waals surface area contributed by atoms with Crippen molar-refractivity contribution < 1.29 is 22.5 Å². The van der Waals surface area contributed by atoms with Gasteiger partial charge in [0, 0.05) is 12.4 Å². The second kappa shape index (κ2) is 8.21. The molecule has 2 N–H and O–H groups in total. The number of ether oxygens (including phenoxy) is 1. The van der Waals surface area contributed by atoms with Crippen molar-refractivity contribution in [1.29, 1.82) is 0 Å². The Hall–Kier alpha value is -1.09. The standard InChI is InChI=1S/C18H26BNO5S.C2H6.CH4/c1-17(2)12-7-15(17)18(3)16(8-12)24-19(25-18)10-11-5-6-13(26(20,21)22)9-14(11)23-4;1-2;/h5-6,9,12,15-16H,7-8,10H2,1-4H3,(H2,20,21,22);1-2H3;1H4/t12?,15-,16?,18-;;/m0../s1. The average molecular weight is 425 g/mol. The number of sulfonamides is 1. The second-order valence-electron chi connectivity index (χ2n) is 8.62. The number of hydrogen-bond acceptors (Lipinski definition) is 5. The van der Waals surface area contributed by atoms with E-state index in [0.29, 0.717) is 29.3 Å². The molecule has 164 valence electrons. The van der Waals surface area contributed by atoms with E-state index in [-0.39, 0.29) is 31.1 Å². The third-order valence-electron chi connectivity index (χ3n) is 6.98.